The molecule has 0 spiro atoms. The SMILES string of the molecule is CCCNc1cc(NC2CCN(C)C2=O)nc(C)n1. The third kappa shape index (κ3) is 3.33. The second-order valence-electron chi connectivity index (χ2n) is 4.86. The lowest BCUT2D eigenvalue weighted by molar-refractivity contribution is -0.127. The van der Waals surface area contributed by atoms with E-state index in [1.807, 2.05) is 20.0 Å². The molecule has 1 aliphatic heterocycles. The van der Waals surface area contributed by atoms with Crippen molar-refractivity contribution in [2.45, 2.75) is 32.7 Å². The number of nitrogens with one attached hydrogen (secondary N) is 2. The first-order valence-corrected chi connectivity index (χ1v) is 6.71. The van der Waals surface area contributed by atoms with Crippen LogP contribution in [-0.4, -0.2) is 47.0 Å². The molecule has 0 bridgehead atoms. The number of hydrogen-bond acceptors (Lipinski definition) is 5. The van der Waals surface area contributed by atoms with Gasteiger partial charge in [0, 0.05) is 26.2 Å². The quantitative estimate of drug-likeness (QED) is 0.836. The van der Waals surface area contributed by atoms with Crippen LogP contribution in [0.15, 0.2) is 6.07 Å². The van der Waals surface area contributed by atoms with Crippen LogP contribution in [0.4, 0.5) is 11.6 Å². The molecule has 104 valence electrons. The number of carbonyl (C=O) groups excluding carboxylic acids is 1. The first-order chi connectivity index (χ1) is 9.10. The Labute approximate surface area is 113 Å². The Morgan fingerprint density at radius 2 is 2.16 bits per heavy atom. The molecule has 1 amide bonds. The largest absolute Gasteiger partial charge is 0.370 e. The molecule has 2 heterocycles. The molecular weight excluding hydrogens is 242 g/mol. The Balaban J connectivity index is 2.07. The van der Waals surface area contributed by atoms with Gasteiger partial charge in [-0.15, -0.1) is 0 Å². The lowest BCUT2D eigenvalue weighted by atomic mass is 10.2. The van der Waals surface area contributed by atoms with Crippen molar-refractivity contribution in [1.82, 2.24) is 14.9 Å². The summed E-state index contributed by atoms with van der Waals surface area (Å²) in [5.74, 6) is 2.33. The number of hydrogen-bond donors (Lipinski definition) is 2. The van der Waals surface area contributed by atoms with E-state index in [-0.39, 0.29) is 11.9 Å². The van der Waals surface area contributed by atoms with Crippen molar-refractivity contribution in [1.29, 1.82) is 0 Å². The predicted octanol–water partition coefficient (Wildman–Crippen LogP) is 1.25. The van der Waals surface area contributed by atoms with Gasteiger partial charge in [-0.1, -0.05) is 6.92 Å². The van der Waals surface area contributed by atoms with Gasteiger partial charge in [0.15, 0.2) is 0 Å². The van der Waals surface area contributed by atoms with Gasteiger partial charge in [0.05, 0.1) is 0 Å². The number of carbonyl (C=O) groups is 1. The van der Waals surface area contributed by atoms with Gasteiger partial charge in [-0.05, 0) is 19.8 Å². The van der Waals surface area contributed by atoms with Gasteiger partial charge < -0.3 is 15.5 Å². The van der Waals surface area contributed by atoms with Gasteiger partial charge in [-0.25, -0.2) is 9.97 Å². The predicted molar refractivity (Wildman–Crippen MR) is 75.2 cm³/mol. The van der Waals surface area contributed by atoms with E-state index in [4.69, 9.17) is 0 Å². The molecule has 1 fully saturated rings. The molecule has 0 aromatic carbocycles. The van der Waals surface area contributed by atoms with Crippen LogP contribution in [0.25, 0.3) is 0 Å². The monoisotopic (exact) mass is 263 g/mol. The van der Waals surface area contributed by atoms with Gasteiger partial charge in [-0.3, -0.25) is 4.79 Å². The molecule has 1 aromatic heterocycles. The topological polar surface area (TPSA) is 70.2 Å². The third-order valence-corrected chi connectivity index (χ3v) is 3.14. The van der Waals surface area contributed by atoms with E-state index in [1.54, 1.807) is 4.90 Å². The molecule has 2 rings (SSSR count). The number of amides is 1. The Hall–Kier alpha value is -1.85. The van der Waals surface area contributed by atoms with Crippen molar-refractivity contribution in [2.24, 2.45) is 0 Å². The fourth-order valence-electron chi connectivity index (χ4n) is 2.12. The zero-order valence-electron chi connectivity index (χ0n) is 11.7. The maximum Gasteiger partial charge on any atom is 0.244 e. The van der Waals surface area contributed by atoms with Crippen LogP contribution in [0, 0.1) is 6.92 Å². The molecule has 1 unspecified atom stereocenters. The first-order valence-electron chi connectivity index (χ1n) is 6.71. The summed E-state index contributed by atoms with van der Waals surface area (Å²) in [7, 11) is 1.82. The molecule has 0 saturated carbocycles. The minimum absolute atomic E-state index is 0.124. The second kappa shape index (κ2) is 5.86. The standard InChI is InChI=1S/C13H21N5O/c1-4-6-14-11-8-12(16-9(2)15-11)17-10-5-7-18(3)13(10)19/h8,10H,4-7H2,1-3H3,(H2,14,15,16,17). The van der Waals surface area contributed by atoms with Gasteiger partial charge >= 0.3 is 0 Å². The Morgan fingerprint density at radius 1 is 1.42 bits per heavy atom. The molecule has 19 heavy (non-hydrogen) atoms. The minimum atomic E-state index is -0.168. The number of likely N-dealkylation sites (tertiary alicyclic amines) is 1. The molecule has 1 aliphatic rings. The van der Waals surface area contributed by atoms with Crippen LogP contribution in [-0.2, 0) is 4.79 Å². The molecule has 6 heteroatoms. The van der Waals surface area contributed by atoms with Crippen LogP contribution < -0.4 is 10.6 Å². The van der Waals surface area contributed by atoms with Crippen molar-refractivity contribution in [3.05, 3.63) is 11.9 Å². The fourth-order valence-corrected chi connectivity index (χ4v) is 2.12. The lowest BCUT2D eigenvalue weighted by Crippen LogP contribution is -2.31. The molecule has 0 aliphatic carbocycles. The van der Waals surface area contributed by atoms with Crippen molar-refractivity contribution in [3.63, 3.8) is 0 Å². The number of aryl methyl sites for hydroxylation is 1. The molecule has 1 atom stereocenters. The fraction of sp³-hybridized carbons (Fsp3) is 0.615. The Bertz CT molecular complexity index is 462. The van der Waals surface area contributed by atoms with E-state index < -0.39 is 0 Å². The van der Waals surface area contributed by atoms with Crippen LogP contribution in [0.2, 0.25) is 0 Å². The van der Waals surface area contributed by atoms with Gasteiger partial charge in [0.25, 0.3) is 0 Å². The Morgan fingerprint density at radius 3 is 2.79 bits per heavy atom. The maximum atomic E-state index is 11.9. The van der Waals surface area contributed by atoms with E-state index in [9.17, 15) is 4.79 Å². The smallest absolute Gasteiger partial charge is 0.244 e. The summed E-state index contributed by atoms with van der Waals surface area (Å²) in [6.07, 6.45) is 1.85. The summed E-state index contributed by atoms with van der Waals surface area (Å²) >= 11 is 0. The third-order valence-electron chi connectivity index (χ3n) is 3.14. The molecule has 6 nitrogen and oxygen atoms in total. The zero-order chi connectivity index (χ0) is 13.8. The lowest BCUT2D eigenvalue weighted by Gasteiger charge is -2.14. The van der Waals surface area contributed by atoms with Crippen molar-refractivity contribution >= 4 is 17.5 Å². The zero-order valence-corrected chi connectivity index (χ0v) is 11.7. The van der Waals surface area contributed by atoms with Crippen LogP contribution in [0.1, 0.15) is 25.6 Å². The average Bonchev–Trinajstić information content (AvgIpc) is 2.68. The van der Waals surface area contributed by atoms with Crippen LogP contribution >= 0.6 is 0 Å². The van der Waals surface area contributed by atoms with Gasteiger partial charge in [0.2, 0.25) is 5.91 Å². The van der Waals surface area contributed by atoms with E-state index >= 15 is 0 Å². The highest BCUT2D eigenvalue weighted by atomic mass is 16.2. The van der Waals surface area contributed by atoms with Gasteiger partial charge in [-0.2, -0.15) is 0 Å². The highest BCUT2D eigenvalue weighted by molar-refractivity contribution is 5.86. The summed E-state index contributed by atoms with van der Waals surface area (Å²) in [5, 5.41) is 6.43. The molecule has 1 aromatic rings. The number of nitrogens with zero attached hydrogens (tertiary/aromatic N) is 3. The average molecular weight is 263 g/mol. The van der Waals surface area contributed by atoms with E-state index in [0.717, 1.165) is 31.7 Å². The molecule has 1 saturated heterocycles. The van der Waals surface area contributed by atoms with Crippen molar-refractivity contribution < 1.29 is 4.79 Å². The Kier molecular flexibility index (Phi) is 4.19. The maximum absolute atomic E-state index is 11.9. The second-order valence-corrected chi connectivity index (χ2v) is 4.86. The van der Waals surface area contributed by atoms with Crippen LogP contribution in [0.3, 0.4) is 0 Å². The van der Waals surface area contributed by atoms with Gasteiger partial charge in [0.1, 0.15) is 23.5 Å². The summed E-state index contributed by atoms with van der Waals surface area (Å²) in [4.78, 5) is 22.2. The summed E-state index contributed by atoms with van der Waals surface area (Å²) in [6, 6.07) is 1.69. The minimum Gasteiger partial charge on any atom is -0.370 e. The molecule has 0 radical (unpaired) electrons. The summed E-state index contributed by atoms with van der Waals surface area (Å²) < 4.78 is 0. The first kappa shape index (κ1) is 13.6. The van der Waals surface area contributed by atoms with Crippen molar-refractivity contribution in [3.8, 4) is 0 Å². The van der Waals surface area contributed by atoms with Crippen molar-refractivity contribution in [2.75, 3.05) is 30.8 Å². The number of anilines is 2. The summed E-state index contributed by atoms with van der Waals surface area (Å²) in [5.41, 5.74) is 0. The molecular formula is C13H21N5O. The highest BCUT2D eigenvalue weighted by Gasteiger charge is 2.29. The van der Waals surface area contributed by atoms with E-state index in [1.165, 1.54) is 0 Å². The normalized spacial score (nSPS) is 18.8. The number of rotatable bonds is 5. The number of likely N-dealkylation sites (N-methyl/N-ethyl adjacent to an activating group) is 1. The number of aromatic nitrogens is 2. The highest BCUT2D eigenvalue weighted by Crippen LogP contribution is 2.17. The summed E-state index contributed by atoms with van der Waals surface area (Å²) in [6.45, 7) is 5.63. The van der Waals surface area contributed by atoms with E-state index in [2.05, 4.69) is 27.5 Å². The van der Waals surface area contributed by atoms with Crippen LogP contribution in [0.5, 0.6) is 0 Å². The molecule has 2 N–H and O–H groups in total. The van der Waals surface area contributed by atoms with E-state index in [0.29, 0.717) is 11.6 Å².